The lowest BCUT2D eigenvalue weighted by Gasteiger charge is -2.28. The lowest BCUT2D eigenvalue weighted by molar-refractivity contribution is -0.234. The summed E-state index contributed by atoms with van der Waals surface area (Å²) < 4.78 is 11.0. The van der Waals surface area contributed by atoms with E-state index in [4.69, 9.17) is 9.47 Å². The number of para-hydroxylation sites is 1. The highest BCUT2D eigenvalue weighted by atomic mass is 16.7. The Morgan fingerprint density at radius 3 is 2.40 bits per heavy atom. The number of hydrogen-bond acceptors (Lipinski definition) is 5. The summed E-state index contributed by atoms with van der Waals surface area (Å²) in [6, 6.07) is 8.97. The van der Waals surface area contributed by atoms with Crippen LogP contribution in [0.3, 0.4) is 0 Å². The molecule has 2 rings (SSSR count). The number of benzene rings is 1. The Balaban J connectivity index is 2.29. The van der Waals surface area contributed by atoms with Crippen LogP contribution < -0.4 is 4.74 Å². The molecule has 6 nitrogen and oxygen atoms in total. The molecule has 0 saturated heterocycles. The van der Waals surface area contributed by atoms with E-state index in [1.54, 1.807) is 26.0 Å². The summed E-state index contributed by atoms with van der Waals surface area (Å²) in [5.74, 6) is -1.54. The Kier molecular flexibility index (Phi) is 3.84. The fraction of sp³-hybridized carbons (Fsp3) is 0.214. The molecule has 0 aliphatic heterocycles. The molecule has 0 amide bonds. The van der Waals surface area contributed by atoms with Gasteiger partial charge < -0.3 is 9.47 Å². The average Bonchev–Trinajstić information content (AvgIpc) is 2.94. The van der Waals surface area contributed by atoms with E-state index in [0.29, 0.717) is 5.75 Å². The van der Waals surface area contributed by atoms with Gasteiger partial charge in [0.25, 0.3) is 0 Å². The molecule has 0 saturated carbocycles. The van der Waals surface area contributed by atoms with Crippen molar-refractivity contribution in [1.82, 2.24) is 15.0 Å². The van der Waals surface area contributed by atoms with E-state index < -0.39 is 11.9 Å². The molecular formula is C14H15N3O3. The quantitative estimate of drug-likeness (QED) is 0.474. The highest BCUT2D eigenvalue weighted by Crippen LogP contribution is 2.23. The maximum atomic E-state index is 11.8. The van der Waals surface area contributed by atoms with E-state index in [1.165, 1.54) is 17.2 Å². The van der Waals surface area contributed by atoms with Gasteiger partial charge >= 0.3 is 11.9 Å². The highest BCUT2D eigenvalue weighted by molar-refractivity contribution is 5.87. The number of carbonyl (C=O) groups excluding carboxylic acids is 1. The monoisotopic (exact) mass is 273 g/mol. The molecule has 0 fully saturated rings. The van der Waals surface area contributed by atoms with E-state index >= 15 is 0 Å². The van der Waals surface area contributed by atoms with E-state index in [-0.39, 0.29) is 5.57 Å². The lowest BCUT2D eigenvalue weighted by Crippen LogP contribution is -2.43. The number of esters is 1. The molecule has 1 aromatic heterocycles. The van der Waals surface area contributed by atoms with Gasteiger partial charge in [-0.1, -0.05) is 24.8 Å². The van der Waals surface area contributed by atoms with Gasteiger partial charge in [0.15, 0.2) is 0 Å². The number of carbonyl (C=O) groups is 1. The second-order valence-electron chi connectivity index (χ2n) is 4.30. The predicted molar refractivity (Wildman–Crippen MR) is 71.6 cm³/mol. The van der Waals surface area contributed by atoms with Crippen LogP contribution in [0.15, 0.2) is 54.9 Å². The first-order chi connectivity index (χ1) is 9.51. The molecule has 0 radical (unpaired) electrons. The van der Waals surface area contributed by atoms with Crippen molar-refractivity contribution in [3.05, 3.63) is 54.9 Å². The zero-order chi connectivity index (χ0) is 14.6. The first-order valence-electron chi connectivity index (χ1n) is 6.01. The first-order valence-corrected chi connectivity index (χ1v) is 6.01. The Morgan fingerprint density at radius 2 is 1.85 bits per heavy atom. The van der Waals surface area contributed by atoms with Crippen molar-refractivity contribution in [2.24, 2.45) is 0 Å². The maximum Gasteiger partial charge on any atom is 0.372 e. The van der Waals surface area contributed by atoms with Gasteiger partial charge in [-0.05, 0) is 19.1 Å². The van der Waals surface area contributed by atoms with Crippen LogP contribution in [-0.4, -0.2) is 21.0 Å². The Morgan fingerprint density at radius 1 is 1.25 bits per heavy atom. The third kappa shape index (κ3) is 3.03. The maximum absolute atomic E-state index is 11.8. The van der Waals surface area contributed by atoms with Gasteiger partial charge in [-0.3, -0.25) is 0 Å². The SMILES string of the molecule is C=C(C)C(=O)OC(C)(Oc1ccccc1)n1nccn1. The highest BCUT2D eigenvalue weighted by Gasteiger charge is 2.36. The van der Waals surface area contributed by atoms with Crippen molar-refractivity contribution in [2.45, 2.75) is 19.8 Å². The van der Waals surface area contributed by atoms with Crippen molar-refractivity contribution in [3.63, 3.8) is 0 Å². The van der Waals surface area contributed by atoms with Gasteiger partial charge in [-0.15, -0.1) is 4.80 Å². The van der Waals surface area contributed by atoms with Gasteiger partial charge in [0.1, 0.15) is 5.75 Å². The normalized spacial score (nSPS) is 13.3. The molecule has 2 aromatic rings. The fourth-order valence-corrected chi connectivity index (χ4v) is 1.49. The van der Waals surface area contributed by atoms with E-state index in [1.807, 2.05) is 18.2 Å². The minimum Gasteiger partial charge on any atom is -0.433 e. The molecule has 0 spiro atoms. The number of rotatable bonds is 5. The molecular weight excluding hydrogens is 258 g/mol. The molecule has 20 heavy (non-hydrogen) atoms. The zero-order valence-electron chi connectivity index (χ0n) is 11.3. The fourth-order valence-electron chi connectivity index (χ4n) is 1.49. The topological polar surface area (TPSA) is 66.2 Å². The van der Waals surface area contributed by atoms with Crippen LogP contribution in [0.1, 0.15) is 13.8 Å². The van der Waals surface area contributed by atoms with Crippen LogP contribution in [-0.2, 0) is 15.4 Å². The lowest BCUT2D eigenvalue weighted by atomic mass is 10.3. The van der Waals surface area contributed by atoms with Crippen LogP contribution in [0.2, 0.25) is 0 Å². The van der Waals surface area contributed by atoms with Crippen LogP contribution in [0, 0.1) is 0 Å². The molecule has 1 heterocycles. The summed E-state index contributed by atoms with van der Waals surface area (Å²) in [5.41, 5.74) is 0.264. The predicted octanol–water partition coefficient (Wildman–Crippen LogP) is 2.11. The van der Waals surface area contributed by atoms with Crippen LogP contribution >= 0.6 is 0 Å². The molecule has 1 atom stereocenters. The van der Waals surface area contributed by atoms with E-state index in [0.717, 1.165) is 0 Å². The van der Waals surface area contributed by atoms with Crippen LogP contribution in [0.4, 0.5) is 0 Å². The summed E-state index contributed by atoms with van der Waals surface area (Å²) in [6.45, 7) is 6.66. The van der Waals surface area contributed by atoms with Crippen molar-refractivity contribution in [1.29, 1.82) is 0 Å². The third-order valence-electron chi connectivity index (χ3n) is 2.46. The van der Waals surface area contributed by atoms with Gasteiger partial charge in [0, 0.05) is 12.5 Å². The molecule has 0 N–H and O–H groups in total. The smallest absolute Gasteiger partial charge is 0.372 e. The summed E-state index contributed by atoms with van der Waals surface area (Å²) in [5, 5.41) is 7.94. The number of aromatic nitrogens is 3. The molecule has 104 valence electrons. The second kappa shape index (κ2) is 5.56. The Hall–Kier alpha value is -2.63. The number of nitrogens with zero attached hydrogens (tertiary/aromatic N) is 3. The number of hydrogen-bond donors (Lipinski definition) is 0. The summed E-state index contributed by atoms with van der Waals surface area (Å²) in [6.07, 6.45) is 2.95. The second-order valence-corrected chi connectivity index (χ2v) is 4.30. The standard InChI is InChI=1S/C14H15N3O3/c1-11(2)13(18)20-14(3,17-15-9-10-16-17)19-12-7-5-4-6-8-12/h4-10H,1H2,2-3H3. The Labute approximate surface area is 116 Å². The van der Waals surface area contributed by atoms with Crippen molar-refractivity contribution >= 4 is 5.97 Å². The van der Waals surface area contributed by atoms with Gasteiger partial charge in [-0.2, -0.15) is 10.2 Å². The number of ether oxygens (including phenoxy) is 2. The molecule has 0 aliphatic carbocycles. The van der Waals surface area contributed by atoms with Gasteiger partial charge in [0.05, 0.1) is 12.4 Å². The zero-order valence-corrected chi connectivity index (χ0v) is 11.3. The molecule has 1 unspecified atom stereocenters. The molecule has 0 bridgehead atoms. The van der Waals surface area contributed by atoms with Gasteiger partial charge in [-0.25, -0.2) is 4.79 Å². The first kappa shape index (κ1) is 13.8. The van der Waals surface area contributed by atoms with Crippen molar-refractivity contribution in [2.75, 3.05) is 0 Å². The van der Waals surface area contributed by atoms with Crippen molar-refractivity contribution < 1.29 is 14.3 Å². The largest absolute Gasteiger partial charge is 0.433 e. The molecule has 1 aromatic carbocycles. The minimum atomic E-state index is -1.49. The summed E-state index contributed by atoms with van der Waals surface area (Å²) in [7, 11) is 0. The van der Waals surface area contributed by atoms with Gasteiger partial charge in [0.2, 0.25) is 0 Å². The summed E-state index contributed by atoms with van der Waals surface area (Å²) in [4.78, 5) is 13.0. The summed E-state index contributed by atoms with van der Waals surface area (Å²) >= 11 is 0. The van der Waals surface area contributed by atoms with E-state index in [9.17, 15) is 4.79 Å². The molecule has 6 heteroatoms. The minimum absolute atomic E-state index is 0.264. The third-order valence-corrected chi connectivity index (χ3v) is 2.46. The van der Waals surface area contributed by atoms with Crippen LogP contribution in [0.25, 0.3) is 0 Å². The van der Waals surface area contributed by atoms with Crippen LogP contribution in [0.5, 0.6) is 5.75 Å². The molecule has 0 aliphatic rings. The van der Waals surface area contributed by atoms with E-state index in [2.05, 4.69) is 16.8 Å². The van der Waals surface area contributed by atoms with Crippen molar-refractivity contribution in [3.8, 4) is 5.75 Å². The average molecular weight is 273 g/mol. The Bertz CT molecular complexity index is 595.